The average Bonchev–Trinajstić information content (AvgIpc) is 2.45. The van der Waals surface area contributed by atoms with Crippen LogP contribution in [0.2, 0.25) is 0 Å². The Balaban J connectivity index is 2.11. The molecule has 1 aliphatic heterocycles. The highest BCUT2D eigenvalue weighted by atomic mass is 16.4. The highest BCUT2D eigenvalue weighted by Gasteiger charge is 2.45. The third-order valence-electron chi connectivity index (χ3n) is 3.71. The molecule has 0 aromatic rings. The third-order valence-corrected chi connectivity index (χ3v) is 3.71. The molecule has 0 spiro atoms. The zero-order valence-corrected chi connectivity index (χ0v) is 7.88. The minimum absolute atomic E-state index is 0.101. The van der Waals surface area contributed by atoms with E-state index in [0.717, 1.165) is 19.5 Å². The van der Waals surface area contributed by atoms with Gasteiger partial charge in [-0.05, 0) is 30.7 Å². The molecule has 74 valence electrons. The van der Waals surface area contributed by atoms with Crippen LogP contribution in [0.1, 0.15) is 32.1 Å². The van der Waals surface area contributed by atoms with E-state index in [4.69, 9.17) is 5.11 Å². The number of carboxylic acid groups (broad SMARTS) is 1. The van der Waals surface area contributed by atoms with Crippen LogP contribution in [0.25, 0.3) is 0 Å². The summed E-state index contributed by atoms with van der Waals surface area (Å²) in [4.78, 5) is 10.8. The summed E-state index contributed by atoms with van der Waals surface area (Å²) in [5.74, 6) is -0.00653. The van der Waals surface area contributed by atoms with Crippen LogP contribution in [-0.2, 0) is 4.79 Å². The quantitative estimate of drug-likeness (QED) is 0.677. The number of rotatable bonds is 2. The van der Waals surface area contributed by atoms with E-state index in [2.05, 4.69) is 5.32 Å². The van der Waals surface area contributed by atoms with Crippen molar-refractivity contribution in [1.82, 2.24) is 5.32 Å². The monoisotopic (exact) mass is 183 g/mol. The minimum atomic E-state index is -0.629. The van der Waals surface area contributed by atoms with Crippen molar-refractivity contribution in [3.05, 3.63) is 0 Å². The molecule has 3 nitrogen and oxygen atoms in total. The lowest BCUT2D eigenvalue weighted by Gasteiger charge is -2.37. The Morgan fingerprint density at radius 1 is 1.54 bits per heavy atom. The standard InChI is InChI=1S/C10H17NO2/c12-9(13)5-10-4-2-1-3-8(10)6-11-7-10/h8,11H,1-7H2,(H,12,13)/t8-,10-/m1/s1. The number of carboxylic acids is 1. The van der Waals surface area contributed by atoms with Crippen molar-refractivity contribution in [3.8, 4) is 0 Å². The van der Waals surface area contributed by atoms with Crippen molar-refractivity contribution in [1.29, 1.82) is 0 Å². The van der Waals surface area contributed by atoms with E-state index in [1.54, 1.807) is 0 Å². The van der Waals surface area contributed by atoms with Gasteiger partial charge in [-0.3, -0.25) is 4.79 Å². The number of fused-ring (bicyclic) bond motifs is 1. The fourth-order valence-electron chi connectivity index (χ4n) is 3.02. The zero-order chi connectivity index (χ0) is 9.31. The Morgan fingerprint density at radius 3 is 3.15 bits per heavy atom. The van der Waals surface area contributed by atoms with Gasteiger partial charge in [-0.15, -0.1) is 0 Å². The lowest BCUT2D eigenvalue weighted by Crippen LogP contribution is -2.35. The van der Waals surface area contributed by atoms with E-state index >= 15 is 0 Å². The summed E-state index contributed by atoms with van der Waals surface area (Å²) in [5, 5.41) is 12.2. The van der Waals surface area contributed by atoms with Gasteiger partial charge in [-0.2, -0.15) is 0 Å². The van der Waals surface area contributed by atoms with E-state index in [0.29, 0.717) is 12.3 Å². The molecule has 0 radical (unpaired) electrons. The normalized spacial score (nSPS) is 38.6. The van der Waals surface area contributed by atoms with E-state index in [9.17, 15) is 4.79 Å². The average molecular weight is 183 g/mol. The van der Waals surface area contributed by atoms with Gasteiger partial charge in [0, 0.05) is 6.54 Å². The zero-order valence-electron chi connectivity index (χ0n) is 7.88. The van der Waals surface area contributed by atoms with Crippen LogP contribution in [0.3, 0.4) is 0 Å². The van der Waals surface area contributed by atoms with Gasteiger partial charge in [0.2, 0.25) is 0 Å². The van der Waals surface area contributed by atoms with Crippen molar-refractivity contribution in [2.24, 2.45) is 11.3 Å². The van der Waals surface area contributed by atoms with Gasteiger partial charge >= 0.3 is 5.97 Å². The Bertz CT molecular complexity index is 217. The molecule has 0 unspecified atom stereocenters. The van der Waals surface area contributed by atoms with Gasteiger partial charge < -0.3 is 10.4 Å². The smallest absolute Gasteiger partial charge is 0.303 e. The second kappa shape index (κ2) is 3.29. The summed E-state index contributed by atoms with van der Waals surface area (Å²) in [7, 11) is 0. The van der Waals surface area contributed by atoms with Crippen molar-refractivity contribution in [2.75, 3.05) is 13.1 Å². The van der Waals surface area contributed by atoms with E-state index in [-0.39, 0.29) is 5.41 Å². The molecule has 1 saturated carbocycles. The number of carbonyl (C=O) groups is 1. The molecule has 2 aliphatic rings. The first-order valence-electron chi connectivity index (χ1n) is 5.15. The molecule has 1 heterocycles. The first kappa shape index (κ1) is 9.00. The largest absolute Gasteiger partial charge is 0.481 e. The van der Waals surface area contributed by atoms with Crippen molar-refractivity contribution in [3.63, 3.8) is 0 Å². The summed E-state index contributed by atoms with van der Waals surface area (Å²) < 4.78 is 0. The second-order valence-corrected chi connectivity index (χ2v) is 4.51. The number of hydrogen-bond donors (Lipinski definition) is 2. The highest BCUT2D eigenvalue weighted by molar-refractivity contribution is 5.68. The predicted octanol–water partition coefficient (Wildman–Crippen LogP) is 1.24. The summed E-state index contributed by atoms with van der Waals surface area (Å²) in [6.45, 7) is 1.96. The van der Waals surface area contributed by atoms with Gasteiger partial charge in [0.25, 0.3) is 0 Å². The van der Waals surface area contributed by atoms with Crippen molar-refractivity contribution >= 4 is 5.97 Å². The Hall–Kier alpha value is -0.570. The molecule has 2 fully saturated rings. The lowest BCUT2D eigenvalue weighted by atomic mass is 9.66. The van der Waals surface area contributed by atoms with Crippen molar-refractivity contribution in [2.45, 2.75) is 32.1 Å². The van der Waals surface area contributed by atoms with Crippen LogP contribution in [0.5, 0.6) is 0 Å². The van der Waals surface area contributed by atoms with Crippen LogP contribution >= 0.6 is 0 Å². The minimum Gasteiger partial charge on any atom is -0.481 e. The van der Waals surface area contributed by atoms with Crippen LogP contribution < -0.4 is 5.32 Å². The molecule has 2 N–H and O–H groups in total. The van der Waals surface area contributed by atoms with Crippen molar-refractivity contribution < 1.29 is 9.90 Å². The molecule has 1 aliphatic carbocycles. The molecular formula is C10H17NO2. The molecule has 0 amide bonds. The first-order chi connectivity index (χ1) is 6.23. The maximum Gasteiger partial charge on any atom is 0.303 e. The molecular weight excluding hydrogens is 166 g/mol. The summed E-state index contributed by atoms with van der Waals surface area (Å²) in [6, 6.07) is 0. The van der Waals surface area contributed by atoms with Gasteiger partial charge in [-0.1, -0.05) is 12.8 Å². The maximum absolute atomic E-state index is 10.8. The lowest BCUT2D eigenvalue weighted by molar-refractivity contribution is -0.140. The fourth-order valence-corrected chi connectivity index (χ4v) is 3.02. The first-order valence-corrected chi connectivity index (χ1v) is 5.15. The topological polar surface area (TPSA) is 49.3 Å². The molecule has 0 aromatic heterocycles. The molecule has 13 heavy (non-hydrogen) atoms. The van der Waals surface area contributed by atoms with E-state index in [1.807, 2.05) is 0 Å². The number of hydrogen-bond acceptors (Lipinski definition) is 2. The molecule has 1 saturated heterocycles. The summed E-state index contributed by atoms with van der Waals surface area (Å²) in [6.07, 6.45) is 5.20. The van der Waals surface area contributed by atoms with Gasteiger partial charge in [0.1, 0.15) is 0 Å². The van der Waals surface area contributed by atoms with Gasteiger partial charge in [-0.25, -0.2) is 0 Å². The third kappa shape index (κ3) is 1.57. The molecule has 2 rings (SSSR count). The second-order valence-electron chi connectivity index (χ2n) is 4.51. The SMILES string of the molecule is O=C(O)C[C@@]12CCCC[C@@H]1CNC2. The van der Waals surface area contributed by atoms with Gasteiger partial charge in [0.05, 0.1) is 6.42 Å². The highest BCUT2D eigenvalue weighted by Crippen LogP contribution is 2.46. The molecule has 2 atom stereocenters. The van der Waals surface area contributed by atoms with E-state index < -0.39 is 5.97 Å². The number of nitrogens with one attached hydrogen (secondary N) is 1. The maximum atomic E-state index is 10.8. The van der Waals surface area contributed by atoms with Crippen LogP contribution in [-0.4, -0.2) is 24.2 Å². The van der Waals surface area contributed by atoms with Gasteiger partial charge in [0.15, 0.2) is 0 Å². The van der Waals surface area contributed by atoms with E-state index in [1.165, 1.54) is 19.3 Å². The number of aliphatic carboxylic acids is 1. The summed E-state index contributed by atoms with van der Waals surface area (Å²) >= 11 is 0. The van der Waals surface area contributed by atoms with Crippen LogP contribution in [0.15, 0.2) is 0 Å². The Kier molecular flexibility index (Phi) is 2.28. The molecule has 3 heteroatoms. The predicted molar refractivity (Wildman–Crippen MR) is 49.5 cm³/mol. The fraction of sp³-hybridized carbons (Fsp3) is 0.900. The van der Waals surface area contributed by atoms with Crippen LogP contribution in [0.4, 0.5) is 0 Å². The Morgan fingerprint density at radius 2 is 2.38 bits per heavy atom. The molecule has 0 aromatic carbocycles. The summed E-state index contributed by atoms with van der Waals surface area (Å²) in [5.41, 5.74) is 0.101. The van der Waals surface area contributed by atoms with Crippen LogP contribution in [0, 0.1) is 11.3 Å². The molecule has 0 bridgehead atoms. The Labute approximate surface area is 78.5 Å².